The second-order valence-electron chi connectivity index (χ2n) is 6.38. The van der Waals surface area contributed by atoms with E-state index in [-0.39, 0.29) is 24.2 Å². The van der Waals surface area contributed by atoms with Crippen molar-refractivity contribution in [3.05, 3.63) is 59.1 Å². The number of carbonyl (C=O) groups excluding carboxylic acids is 1. The van der Waals surface area contributed by atoms with E-state index in [1.165, 1.54) is 12.1 Å². The molecule has 0 aliphatic rings. The van der Waals surface area contributed by atoms with E-state index < -0.39 is 0 Å². The summed E-state index contributed by atoms with van der Waals surface area (Å²) in [6.07, 6.45) is 0.138. The lowest BCUT2D eigenvalue weighted by Crippen LogP contribution is -2.28. The third-order valence-electron chi connectivity index (χ3n) is 4.54. The fraction of sp³-hybridized carbons (Fsp3) is 0.286. The zero-order valence-electron chi connectivity index (χ0n) is 15.8. The fourth-order valence-corrected chi connectivity index (χ4v) is 3.18. The first kappa shape index (κ1) is 18.8. The van der Waals surface area contributed by atoms with E-state index in [2.05, 4.69) is 5.32 Å². The molecule has 2 aromatic carbocycles. The molecule has 1 unspecified atom stereocenters. The minimum absolute atomic E-state index is 0.138. The molecule has 0 bridgehead atoms. The van der Waals surface area contributed by atoms with Crippen LogP contribution >= 0.6 is 0 Å². The molecule has 1 amide bonds. The monoisotopic (exact) mass is 371 g/mol. The molecule has 0 saturated carbocycles. The lowest BCUT2D eigenvalue weighted by atomic mass is 10.1. The summed E-state index contributed by atoms with van der Waals surface area (Å²) < 4.78 is 29.8. The predicted molar refractivity (Wildman–Crippen MR) is 101 cm³/mol. The molecular formula is C21H22FNO4. The first-order valence-corrected chi connectivity index (χ1v) is 8.61. The van der Waals surface area contributed by atoms with Crippen molar-refractivity contribution in [2.24, 2.45) is 0 Å². The van der Waals surface area contributed by atoms with Gasteiger partial charge in [-0.2, -0.15) is 0 Å². The van der Waals surface area contributed by atoms with Crippen LogP contribution in [0.2, 0.25) is 0 Å². The van der Waals surface area contributed by atoms with Gasteiger partial charge in [-0.05, 0) is 50.2 Å². The van der Waals surface area contributed by atoms with Crippen LogP contribution in [0.1, 0.15) is 29.9 Å². The Morgan fingerprint density at radius 3 is 2.67 bits per heavy atom. The van der Waals surface area contributed by atoms with Crippen molar-refractivity contribution >= 4 is 16.9 Å². The molecule has 0 fully saturated rings. The summed E-state index contributed by atoms with van der Waals surface area (Å²) >= 11 is 0. The van der Waals surface area contributed by atoms with Gasteiger partial charge in [-0.1, -0.05) is 0 Å². The molecule has 0 aliphatic carbocycles. The average Bonchev–Trinajstić information content (AvgIpc) is 2.98. The molecule has 3 rings (SSSR count). The second kappa shape index (κ2) is 7.70. The predicted octanol–water partition coefficient (Wildman–Crippen LogP) is 4.32. The first-order chi connectivity index (χ1) is 12.9. The van der Waals surface area contributed by atoms with Gasteiger partial charge in [0.05, 0.1) is 26.7 Å². The highest BCUT2D eigenvalue weighted by molar-refractivity contribution is 5.83. The third-order valence-corrected chi connectivity index (χ3v) is 4.54. The molecule has 0 radical (unpaired) electrons. The van der Waals surface area contributed by atoms with Crippen molar-refractivity contribution in [2.75, 3.05) is 14.2 Å². The van der Waals surface area contributed by atoms with Crippen LogP contribution in [0.25, 0.3) is 11.0 Å². The van der Waals surface area contributed by atoms with Gasteiger partial charge < -0.3 is 19.2 Å². The van der Waals surface area contributed by atoms with Crippen molar-refractivity contribution in [2.45, 2.75) is 26.3 Å². The van der Waals surface area contributed by atoms with Crippen LogP contribution in [0, 0.1) is 12.7 Å². The minimum Gasteiger partial charge on any atom is -0.497 e. The minimum atomic E-state index is -0.357. The lowest BCUT2D eigenvalue weighted by molar-refractivity contribution is -0.121. The number of fused-ring (bicyclic) bond motifs is 1. The van der Waals surface area contributed by atoms with Crippen molar-refractivity contribution in [1.29, 1.82) is 0 Å². The van der Waals surface area contributed by atoms with Gasteiger partial charge in [0.25, 0.3) is 0 Å². The van der Waals surface area contributed by atoms with Gasteiger partial charge in [-0.15, -0.1) is 0 Å². The number of benzene rings is 2. The zero-order valence-corrected chi connectivity index (χ0v) is 15.8. The highest BCUT2D eigenvalue weighted by atomic mass is 19.1. The molecule has 0 aliphatic heterocycles. The van der Waals surface area contributed by atoms with Gasteiger partial charge in [-0.3, -0.25) is 4.79 Å². The van der Waals surface area contributed by atoms with E-state index in [1.807, 2.05) is 13.8 Å². The Morgan fingerprint density at radius 2 is 1.96 bits per heavy atom. The Kier molecular flexibility index (Phi) is 5.35. The van der Waals surface area contributed by atoms with E-state index >= 15 is 0 Å². The van der Waals surface area contributed by atoms with E-state index in [0.717, 1.165) is 11.1 Å². The second-order valence-corrected chi connectivity index (χ2v) is 6.38. The Morgan fingerprint density at radius 1 is 1.19 bits per heavy atom. The number of rotatable bonds is 6. The van der Waals surface area contributed by atoms with Crippen LogP contribution in [0.3, 0.4) is 0 Å². The van der Waals surface area contributed by atoms with E-state index in [0.29, 0.717) is 28.2 Å². The largest absolute Gasteiger partial charge is 0.497 e. The molecule has 1 aromatic heterocycles. The number of hydrogen-bond donors (Lipinski definition) is 1. The zero-order chi connectivity index (χ0) is 19.6. The fourth-order valence-electron chi connectivity index (χ4n) is 3.18. The molecule has 6 heteroatoms. The lowest BCUT2D eigenvalue weighted by Gasteiger charge is -2.14. The van der Waals surface area contributed by atoms with Crippen molar-refractivity contribution in [3.8, 4) is 11.5 Å². The number of aryl methyl sites for hydroxylation is 1. The third kappa shape index (κ3) is 3.89. The van der Waals surface area contributed by atoms with Gasteiger partial charge in [0, 0.05) is 16.5 Å². The maximum atomic E-state index is 13.5. The number of nitrogens with one attached hydrogen (secondary N) is 1. The van der Waals surface area contributed by atoms with E-state index in [1.54, 1.807) is 38.5 Å². The topological polar surface area (TPSA) is 60.7 Å². The molecular weight excluding hydrogens is 349 g/mol. The van der Waals surface area contributed by atoms with Crippen LogP contribution in [0.5, 0.6) is 11.5 Å². The number of ether oxygens (including phenoxy) is 2. The molecule has 5 nitrogen and oxygen atoms in total. The quantitative estimate of drug-likeness (QED) is 0.701. The number of methoxy groups -OCH3 is 2. The van der Waals surface area contributed by atoms with Crippen molar-refractivity contribution in [1.82, 2.24) is 5.32 Å². The molecule has 27 heavy (non-hydrogen) atoms. The summed E-state index contributed by atoms with van der Waals surface area (Å²) in [6, 6.07) is 9.35. The Bertz CT molecular complexity index is 980. The van der Waals surface area contributed by atoms with Gasteiger partial charge in [-0.25, -0.2) is 4.39 Å². The van der Waals surface area contributed by atoms with E-state index in [4.69, 9.17) is 13.9 Å². The normalized spacial score (nSPS) is 12.0. The number of hydrogen-bond acceptors (Lipinski definition) is 4. The van der Waals surface area contributed by atoms with Crippen LogP contribution < -0.4 is 14.8 Å². The van der Waals surface area contributed by atoms with E-state index in [9.17, 15) is 9.18 Å². The molecule has 142 valence electrons. The maximum Gasteiger partial charge on any atom is 0.225 e. The number of carbonyl (C=O) groups is 1. The van der Waals surface area contributed by atoms with Crippen LogP contribution in [-0.2, 0) is 11.2 Å². The van der Waals surface area contributed by atoms with Crippen molar-refractivity contribution in [3.63, 3.8) is 0 Å². The Labute approximate surface area is 157 Å². The van der Waals surface area contributed by atoms with Gasteiger partial charge in [0.15, 0.2) is 0 Å². The molecule has 3 aromatic rings. The summed E-state index contributed by atoms with van der Waals surface area (Å²) in [5.74, 6) is 1.39. The van der Waals surface area contributed by atoms with Gasteiger partial charge in [0.2, 0.25) is 5.91 Å². The summed E-state index contributed by atoms with van der Waals surface area (Å²) in [5, 5.41) is 3.64. The Hall–Kier alpha value is -3.02. The summed E-state index contributed by atoms with van der Waals surface area (Å²) in [6.45, 7) is 3.69. The van der Waals surface area contributed by atoms with Crippen LogP contribution in [0.15, 0.2) is 40.8 Å². The van der Waals surface area contributed by atoms with Gasteiger partial charge in [0.1, 0.15) is 28.7 Å². The van der Waals surface area contributed by atoms with Crippen molar-refractivity contribution < 1.29 is 23.1 Å². The molecule has 0 spiro atoms. The van der Waals surface area contributed by atoms with Crippen LogP contribution in [0.4, 0.5) is 4.39 Å². The van der Waals surface area contributed by atoms with Crippen LogP contribution in [-0.4, -0.2) is 20.1 Å². The number of amides is 1. The first-order valence-electron chi connectivity index (χ1n) is 8.61. The summed E-state index contributed by atoms with van der Waals surface area (Å²) in [5.41, 5.74) is 2.14. The summed E-state index contributed by atoms with van der Waals surface area (Å²) in [4.78, 5) is 12.5. The highest BCUT2D eigenvalue weighted by Gasteiger charge is 2.20. The molecule has 1 atom stereocenters. The smallest absolute Gasteiger partial charge is 0.225 e. The molecule has 0 saturated heterocycles. The summed E-state index contributed by atoms with van der Waals surface area (Å²) in [7, 11) is 3.13. The highest BCUT2D eigenvalue weighted by Crippen LogP contribution is 2.30. The Balaban J connectivity index is 1.77. The molecule has 1 N–H and O–H groups in total. The molecule has 1 heterocycles. The SMILES string of the molecule is COc1ccc(OC)c(CC(=O)NC(C)c2oc3ccc(F)cc3c2C)c1. The standard InChI is InChI=1S/C21H22FNO4/c1-12-17-11-15(22)5-7-19(17)27-21(12)13(2)23-20(24)10-14-9-16(25-3)6-8-18(14)26-4/h5-9,11,13H,10H2,1-4H3,(H,23,24). The number of halogens is 1. The average molecular weight is 371 g/mol. The maximum absolute atomic E-state index is 13.5. The van der Waals surface area contributed by atoms with Gasteiger partial charge >= 0.3 is 0 Å². The number of furan rings is 1.